The zero-order valence-corrected chi connectivity index (χ0v) is 12.3. The monoisotopic (exact) mass is 304 g/mol. The molecule has 0 amide bonds. The molecule has 5 heteroatoms. The number of hydrogen-bond donors (Lipinski definition) is 1. The van der Waals surface area contributed by atoms with Crippen LogP contribution in [0.15, 0.2) is 43.0 Å². The molecule has 0 unspecified atom stereocenters. The summed E-state index contributed by atoms with van der Waals surface area (Å²) < 4.78 is 14.3. The van der Waals surface area contributed by atoms with Gasteiger partial charge in [-0.2, -0.15) is 0 Å². The average molecular weight is 304 g/mol. The van der Waals surface area contributed by atoms with Crippen LogP contribution in [0.3, 0.4) is 0 Å². The normalized spacial score (nSPS) is 14.7. The highest BCUT2D eigenvalue weighted by atomic mass is 19.1. The van der Waals surface area contributed by atoms with Crippen molar-refractivity contribution in [1.82, 2.24) is 19.9 Å². The van der Waals surface area contributed by atoms with Crippen molar-refractivity contribution >= 4 is 21.9 Å². The number of nitrogens with zero attached hydrogens (tertiary/aromatic N) is 3. The van der Waals surface area contributed by atoms with E-state index in [4.69, 9.17) is 0 Å². The molecule has 0 aliphatic heterocycles. The highest BCUT2D eigenvalue weighted by Crippen LogP contribution is 2.45. The van der Waals surface area contributed by atoms with Crippen molar-refractivity contribution in [2.45, 2.75) is 18.8 Å². The van der Waals surface area contributed by atoms with Crippen LogP contribution in [-0.2, 0) is 0 Å². The van der Waals surface area contributed by atoms with Crippen LogP contribution >= 0.6 is 0 Å². The number of rotatable bonds is 2. The number of H-pyrrole nitrogens is 1. The molecule has 1 aliphatic rings. The summed E-state index contributed by atoms with van der Waals surface area (Å²) in [6.07, 6.45) is 8.71. The smallest absolute Gasteiger partial charge is 0.145 e. The molecule has 0 spiro atoms. The quantitative estimate of drug-likeness (QED) is 0.604. The van der Waals surface area contributed by atoms with Gasteiger partial charge in [-0.15, -0.1) is 0 Å². The van der Waals surface area contributed by atoms with Crippen LogP contribution in [-0.4, -0.2) is 19.9 Å². The largest absolute Gasteiger partial charge is 0.338 e. The number of aromatic amines is 1. The summed E-state index contributed by atoms with van der Waals surface area (Å²) in [5, 5.41) is 1.87. The fourth-order valence-corrected chi connectivity index (χ4v) is 3.20. The van der Waals surface area contributed by atoms with Crippen LogP contribution in [0.5, 0.6) is 0 Å². The second kappa shape index (κ2) is 4.59. The first-order chi connectivity index (χ1) is 11.3. The molecule has 1 fully saturated rings. The van der Waals surface area contributed by atoms with Crippen LogP contribution in [0.1, 0.15) is 24.3 Å². The molecule has 0 radical (unpaired) electrons. The summed E-state index contributed by atoms with van der Waals surface area (Å²) in [7, 11) is 0. The van der Waals surface area contributed by atoms with E-state index in [1.807, 2.05) is 18.2 Å². The molecule has 23 heavy (non-hydrogen) atoms. The van der Waals surface area contributed by atoms with Crippen molar-refractivity contribution in [3.8, 4) is 11.3 Å². The second-order valence-electron chi connectivity index (χ2n) is 6.00. The summed E-state index contributed by atoms with van der Waals surface area (Å²) in [5.74, 6) is 0.107. The Kier molecular flexibility index (Phi) is 2.53. The molecule has 5 rings (SSSR count). The molecule has 0 aromatic carbocycles. The summed E-state index contributed by atoms with van der Waals surface area (Å²) in [5.41, 5.74) is 4.18. The molecular weight excluding hydrogens is 291 g/mol. The second-order valence-corrected chi connectivity index (χ2v) is 6.00. The molecule has 0 saturated heterocycles. The number of halogens is 1. The van der Waals surface area contributed by atoms with Crippen molar-refractivity contribution in [1.29, 1.82) is 0 Å². The van der Waals surface area contributed by atoms with E-state index in [-0.39, 0.29) is 5.82 Å². The maximum absolute atomic E-state index is 14.3. The molecule has 0 bridgehead atoms. The van der Waals surface area contributed by atoms with E-state index in [1.165, 1.54) is 6.20 Å². The summed E-state index contributed by atoms with van der Waals surface area (Å²) in [4.78, 5) is 16.1. The van der Waals surface area contributed by atoms with Crippen LogP contribution in [0.2, 0.25) is 0 Å². The van der Waals surface area contributed by atoms with E-state index in [1.54, 1.807) is 18.6 Å². The Labute approximate surface area is 131 Å². The maximum atomic E-state index is 14.3. The van der Waals surface area contributed by atoms with Crippen molar-refractivity contribution in [2.24, 2.45) is 0 Å². The summed E-state index contributed by atoms with van der Waals surface area (Å²) in [6.45, 7) is 0. The molecule has 1 N–H and O–H groups in total. The van der Waals surface area contributed by atoms with E-state index < -0.39 is 0 Å². The molecule has 112 valence electrons. The highest BCUT2D eigenvalue weighted by Gasteiger charge is 2.30. The molecular formula is C18H13FN4. The van der Waals surface area contributed by atoms with Gasteiger partial charge in [-0.05, 0) is 37.0 Å². The average Bonchev–Trinajstić information content (AvgIpc) is 3.36. The van der Waals surface area contributed by atoms with Crippen molar-refractivity contribution in [3.05, 3.63) is 54.4 Å². The van der Waals surface area contributed by atoms with Crippen LogP contribution in [0.4, 0.5) is 4.39 Å². The Balaban J connectivity index is 1.84. The van der Waals surface area contributed by atoms with Gasteiger partial charge >= 0.3 is 0 Å². The number of nitrogens with one attached hydrogen (secondary N) is 1. The number of pyridine rings is 3. The maximum Gasteiger partial charge on any atom is 0.145 e. The molecule has 1 aliphatic carbocycles. The third-order valence-electron chi connectivity index (χ3n) is 4.44. The highest BCUT2D eigenvalue weighted by molar-refractivity contribution is 6.08. The standard InChI is InChI=1S/C18H13FN4/c19-13-8-22-18-17(16(13)10-3-4-10)12-6-14(21-9-15(12)23-18)11-2-1-5-20-7-11/h1-2,5-10H,3-4H2,(H,22,23). The Morgan fingerprint density at radius 1 is 1.13 bits per heavy atom. The Morgan fingerprint density at radius 3 is 2.83 bits per heavy atom. The lowest BCUT2D eigenvalue weighted by Gasteiger charge is -2.04. The van der Waals surface area contributed by atoms with E-state index in [9.17, 15) is 4.39 Å². The van der Waals surface area contributed by atoms with Gasteiger partial charge in [0.05, 0.1) is 23.6 Å². The Bertz CT molecular complexity index is 1040. The lowest BCUT2D eigenvalue weighted by Crippen LogP contribution is -1.91. The van der Waals surface area contributed by atoms with Gasteiger partial charge in [-0.3, -0.25) is 9.97 Å². The van der Waals surface area contributed by atoms with E-state index >= 15 is 0 Å². The SMILES string of the molecule is Fc1cnc2[nH]c3cnc(-c4cccnc4)cc3c2c1C1CC1. The van der Waals surface area contributed by atoms with Gasteiger partial charge in [0.15, 0.2) is 0 Å². The minimum atomic E-state index is -0.208. The number of aromatic nitrogens is 4. The lowest BCUT2D eigenvalue weighted by molar-refractivity contribution is 0.608. The first kappa shape index (κ1) is 12.7. The third kappa shape index (κ3) is 1.93. The Morgan fingerprint density at radius 2 is 2.04 bits per heavy atom. The molecule has 4 aromatic heterocycles. The molecule has 4 heterocycles. The van der Waals surface area contributed by atoms with Gasteiger partial charge in [0.25, 0.3) is 0 Å². The van der Waals surface area contributed by atoms with Gasteiger partial charge in [-0.25, -0.2) is 9.37 Å². The zero-order chi connectivity index (χ0) is 15.4. The predicted molar refractivity (Wildman–Crippen MR) is 86.6 cm³/mol. The van der Waals surface area contributed by atoms with E-state index in [0.29, 0.717) is 5.92 Å². The van der Waals surface area contributed by atoms with Gasteiger partial charge in [-0.1, -0.05) is 0 Å². The molecule has 4 nitrogen and oxygen atoms in total. The molecule has 1 saturated carbocycles. The van der Waals surface area contributed by atoms with Gasteiger partial charge in [0, 0.05) is 34.3 Å². The van der Waals surface area contributed by atoms with Crippen LogP contribution in [0, 0.1) is 5.82 Å². The van der Waals surface area contributed by atoms with Gasteiger partial charge in [0.1, 0.15) is 11.5 Å². The van der Waals surface area contributed by atoms with Crippen molar-refractivity contribution < 1.29 is 4.39 Å². The minimum absolute atomic E-state index is 0.208. The lowest BCUT2D eigenvalue weighted by atomic mass is 10.0. The molecule has 4 aromatic rings. The van der Waals surface area contributed by atoms with E-state index in [2.05, 4.69) is 19.9 Å². The first-order valence-corrected chi connectivity index (χ1v) is 7.67. The number of hydrogen-bond acceptors (Lipinski definition) is 3. The van der Waals surface area contributed by atoms with E-state index in [0.717, 1.165) is 51.6 Å². The third-order valence-corrected chi connectivity index (χ3v) is 4.44. The van der Waals surface area contributed by atoms with Crippen molar-refractivity contribution in [2.75, 3.05) is 0 Å². The Hall–Kier alpha value is -2.82. The zero-order valence-electron chi connectivity index (χ0n) is 12.3. The first-order valence-electron chi connectivity index (χ1n) is 7.67. The minimum Gasteiger partial charge on any atom is -0.338 e. The van der Waals surface area contributed by atoms with Crippen LogP contribution < -0.4 is 0 Å². The summed E-state index contributed by atoms with van der Waals surface area (Å²) >= 11 is 0. The van der Waals surface area contributed by atoms with Gasteiger partial charge in [0.2, 0.25) is 0 Å². The summed E-state index contributed by atoms with van der Waals surface area (Å²) in [6, 6.07) is 5.85. The van der Waals surface area contributed by atoms with Crippen LogP contribution in [0.25, 0.3) is 33.2 Å². The number of fused-ring (bicyclic) bond motifs is 3. The van der Waals surface area contributed by atoms with Gasteiger partial charge < -0.3 is 4.98 Å². The molecule has 0 atom stereocenters. The predicted octanol–water partition coefficient (Wildman–Crippen LogP) is 4.19. The fraction of sp³-hybridized carbons (Fsp3) is 0.167. The topological polar surface area (TPSA) is 54.5 Å². The fourth-order valence-electron chi connectivity index (χ4n) is 3.20. The van der Waals surface area contributed by atoms with Crippen molar-refractivity contribution in [3.63, 3.8) is 0 Å².